The lowest BCUT2D eigenvalue weighted by atomic mass is 9.95. The quantitative estimate of drug-likeness (QED) is 0.786. The van der Waals surface area contributed by atoms with Crippen molar-refractivity contribution in [1.82, 2.24) is 10.6 Å². The molecule has 23 heavy (non-hydrogen) atoms. The van der Waals surface area contributed by atoms with E-state index in [1.807, 2.05) is 13.8 Å². The minimum absolute atomic E-state index is 0.169. The molecule has 3 aliphatic rings. The maximum absolute atomic E-state index is 6.17. The van der Waals surface area contributed by atoms with Crippen molar-refractivity contribution < 1.29 is 9.47 Å². The summed E-state index contributed by atoms with van der Waals surface area (Å²) in [5, 5.41) is 7.47. The van der Waals surface area contributed by atoms with E-state index in [1.54, 1.807) is 0 Å². The van der Waals surface area contributed by atoms with Crippen molar-refractivity contribution in [2.75, 3.05) is 13.1 Å². The van der Waals surface area contributed by atoms with Gasteiger partial charge in [-0.25, -0.2) is 0 Å². The van der Waals surface area contributed by atoms with E-state index >= 15 is 0 Å². The van der Waals surface area contributed by atoms with Gasteiger partial charge in [-0.05, 0) is 39.5 Å². The van der Waals surface area contributed by atoms with Gasteiger partial charge in [0.1, 0.15) is 12.2 Å². The van der Waals surface area contributed by atoms with Gasteiger partial charge < -0.3 is 20.1 Å². The van der Waals surface area contributed by atoms with Crippen LogP contribution in [0, 0.1) is 0 Å². The number of ether oxygens (including phenoxy) is 2. The summed E-state index contributed by atoms with van der Waals surface area (Å²) in [6.45, 7) is 5.93. The Morgan fingerprint density at radius 3 is 1.48 bits per heavy atom. The molecule has 0 aromatic rings. The molecule has 3 fully saturated rings. The highest BCUT2D eigenvalue weighted by Crippen LogP contribution is 2.28. The Labute approximate surface area is 142 Å². The monoisotopic (exact) mass is 324 g/mol. The molecular formula is C19H36N2O2. The number of hydrogen-bond donors (Lipinski definition) is 2. The molecule has 0 radical (unpaired) electrons. The lowest BCUT2D eigenvalue weighted by molar-refractivity contribution is -0.145. The molecule has 0 unspecified atom stereocenters. The van der Waals surface area contributed by atoms with Crippen LogP contribution in [0.1, 0.15) is 78.1 Å². The van der Waals surface area contributed by atoms with Gasteiger partial charge >= 0.3 is 0 Å². The van der Waals surface area contributed by atoms with E-state index in [2.05, 4.69) is 10.6 Å². The van der Waals surface area contributed by atoms with Crippen LogP contribution in [0.3, 0.4) is 0 Å². The summed E-state index contributed by atoms with van der Waals surface area (Å²) in [4.78, 5) is 0. The van der Waals surface area contributed by atoms with Crippen LogP contribution in [0.4, 0.5) is 0 Å². The van der Waals surface area contributed by atoms with E-state index in [0.29, 0.717) is 12.1 Å². The zero-order valence-electron chi connectivity index (χ0n) is 15.1. The van der Waals surface area contributed by atoms with Crippen molar-refractivity contribution in [2.24, 2.45) is 0 Å². The van der Waals surface area contributed by atoms with Gasteiger partial charge in [0.05, 0.1) is 0 Å². The van der Waals surface area contributed by atoms with Crippen molar-refractivity contribution >= 4 is 0 Å². The number of hydrogen-bond acceptors (Lipinski definition) is 4. The van der Waals surface area contributed by atoms with Crippen molar-refractivity contribution in [3.05, 3.63) is 0 Å². The summed E-state index contributed by atoms with van der Waals surface area (Å²) in [6, 6.07) is 1.37. The zero-order valence-corrected chi connectivity index (χ0v) is 15.1. The molecule has 0 amide bonds. The molecule has 1 heterocycles. The standard InChI is InChI=1S/C19H36N2O2/c1-19(2)22-17(13-20-15-9-5-3-6-10-15)18(23-19)14-21-16-11-7-4-8-12-16/h15-18,20-21H,3-14H2,1-2H3/t17-,18-/m0/s1. The van der Waals surface area contributed by atoms with Crippen LogP contribution >= 0.6 is 0 Å². The minimum Gasteiger partial charge on any atom is -0.343 e. The molecule has 4 nitrogen and oxygen atoms in total. The Kier molecular flexibility index (Phi) is 6.36. The van der Waals surface area contributed by atoms with Crippen LogP contribution in [0.5, 0.6) is 0 Å². The Morgan fingerprint density at radius 1 is 0.696 bits per heavy atom. The van der Waals surface area contributed by atoms with Crippen LogP contribution in [0.2, 0.25) is 0 Å². The van der Waals surface area contributed by atoms with E-state index in [-0.39, 0.29) is 12.2 Å². The van der Waals surface area contributed by atoms with Crippen LogP contribution in [-0.2, 0) is 9.47 Å². The second kappa shape index (κ2) is 8.28. The van der Waals surface area contributed by atoms with Gasteiger partial charge in [0, 0.05) is 25.2 Å². The van der Waals surface area contributed by atoms with Gasteiger partial charge in [0.15, 0.2) is 5.79 Å². The van der Waals surface area contributed by atoms with E-state index in [9.17, 15) is 0 Å². The average Bonchev–Trinajstić information content (AvgIpc) is 2.87. The topological polar surface area (TPSA) is 42.5 Å². The van der Waals surface area contributed by atoms with Crippen LogP contribution in [0.25, 0.3) is 0 Å². The summed E-state index contributed by atoms with van der Waals surface area (Å²) < 4.78 is 12.3. The largest absolute Gasteiger partial charge is 0.343 e. The molecule has 134 valence electrons. The summed E-state index contributed by atoms with van der Waals surface area (Å²) in [7, 11) is 0. The SMILES string of the molecule is CC1(C)O[C@@H](CNC2CCCCC2)[C@H](CNC2CCCCC2)O1. The summed E-state index contributed by atoms with van der Waals surface area (Å²) in [5.41, 5.74) is 0. The molecule has 2 saturated carbocycles. The van der Waals surface area contributed by atoms with Crippen LogP contribution < -0.4 is 10.6 Å². The third-order valence-corrected chi connectivity index (χ3v) is 5.71. The van der Waals surface area contributed by atoms with Gasteiger partial charge in [-0.3, -0.25) is 0 Å². The van der Waals surface area contributed by atoms with Crippen molar-refractivity contribution in [2.45, 2.75) is 108 Å². The Hall–Kier alpha value is -0.160. The van der Waals surface area contributed by atoms with Crippen molar-refractivity contribution in [3.63, 3.8) is 0 Å². The van der Waals surface area contributed by atoms with E-state index in [0.717, 1.165) is 13.1 Å². The minimum atomic E-state index is -0.447. The molecule has 2 aliphatic carbocycles. The molecule has 1 saturated heterocycles. The molecule has 3 rings (SSSR count). The number of nitrogens with one attached hydrogen (secondary N) is 2. The summed E-state index contributed by atoms with van der Waals surface area (Å²) in [5.74, 6) is -0.447. The lowest BCUT2D eigenvalue weighted by Gasteiger charge is -2.27. The molecule has 1 aliphatic heterocycles. The predicted octanol–water partition coefficient (Wildman–Crippen LogP) is 3.35. The summed E-state index contributed by atoms with van der Waals surface area (Å²) >= 11 is 0. The number of rotatable bonds is 6. The first-order valence-electron chi connectivity index (χ1n) is 9.95. The molecule has 2 N–H and O–H groups in total. The van der Waals surface area contributed by atoms with Gasteiger partial charge in [-0.1, -0.05) is 38.5 Å². The highest BCUT2D eigenvalue weighted by atomic mass is 16.8. The van der Waals surface area contributed by atoms with Crippen molar-refractivity contribution in [1.29, 1.82) is 0 Å². The van der Waals surface area contributed by atoms with E-state index in [4.69, 9.17) is 9.47 Å². The van der Waals surface area contributed by atoms with Gasteiger partial charge in [0.2, 0.25) is 0 Å². The van der Waals surface area contributed by atoms with Crippen LogP contribution in [-0.4, -0.2) is 43.2 Å². The second-order valence-electron chi connectivity index (χ2n) is 8.20. The van der Waals surface area contributed by atoms with Gasteiger partial charge in [-0.2, -0.15) is 0 Å². The third-order valence-electron chi connectivity index (χ3n) is 5.71. The zero-order chi connectivity index (χ0) is 16.1. The molecule has 2 atom stereocenters. The van der Waals surface area contributed by atoms with Crippen LogP contribution in [0.15, 0.2) is 0 Å². The van der Waals surface area contributed by atoms with E-state index in [1.165, 1.54) is 64.2 Å². The Morgan fingerprint density at radius 2 is 1.09 bits per heavy atom. The molecular weight excluding hydrogens is 288 g/mol. The lowest BCUT2D eigenvalue weighted by Crippen LogP contribution is -2.45. The fraction of sp³-hybridized carbons (Fsp3) is 1.00. The first kappa shape index (κ1) is 17.7. The maximum Gasteiger partial charge on any atom is 0.163 e. The molecule has 0 aromatic carbocycles. The maximum atomic E-state index is 6.17. The van der Waals surface area contributed by atoms with Gasteiger partial charge in [-0.15, -0.1) is 0 Å². The molecule has 0 bridgehead atoms. The highest BCUT2D eigenvalue weighted by Gasteiger charge is 2.41. The Balaban J connectivity index is 1.45. The molecule has 4 heteroatoms. The third kappa shape index (κ3) is 5.42. The smallest absolute Gasteiger partial charge is 0.163 e. The second-order valence-corrected chi connectivity index (χ2v) is 8.20. The first-order chi connectivity index (χ1) is 11.1. The fourth-order valence-electron chi connectivity index (χ4n) is 4.43. The first-order valence-corrected chi connectivity index (χ1v) is 9.95. The fourth-order valence-corrected chi connectivity index (χ4v) is 4.43. The van der Waals surface area contributed by atoms with Crippen molar-refractivity contribution in [3.8, 4) is 0 Å². The van der Waals surface area contributed by atoms with E-state index < -0.39 is 5.79 Å². The summed E-state index contributed by atoms with van der Waals surface area (Å²) in [6.07, 6.45) is 13.9. The molecule has 0 aromatic heterocycles. The highest BCUT2D eigenvalue weighted by molar-refractivity contribution is 4.87. The predicted molar refractivity (Wildman–Crippen MR) is 93.6 cm³/mol. The van der Waals surface area contributed by atoms with Gasteiger partial charge in [0.25, 0.3) is 0 Å². The molecule has 0 spiro atoms. The Bertz CT molecular complexity index is 317. The average molecular weight is 325 g/mol. The normalized spacial score (nSPS) is 33.1.